The Hall–Kier alpha value is -4.13. The van der Waals surface area contributed by atoms with Crippen LogP contribution in [0.25, 0.3) is 21.7 Å². The van der Waals surface area contributed by atoms with Gasteiger partial charge in [0.25, 0.3) is 0 Å². The average Bonchev–Trinajstić information content (AvgIpc) is 3.24. The maximum absolute atomic E-state index is 12.5. The number of fused-ring (bicyclic) bond motifs is 3. The van der Waals surface area contributed by atoms with E-state index in [9.17, 15) is 9.59 Å². The highest BCUT2D eigenvalue weighted by Crippen LogP contribution is 2.28. The smallest absolute Gasteiger partial charge is 0.344 e. The molecule has 0 aliphatic heterocycles. The zero-order chi connectivity index (χ0) is 21.6. The first kappa shape index (κ1) is 20.2. The van der Waals surface area contributed by atoms with Crippen LogP contribution in [-0.2, 0) is 9.53 Å². The standard InChI is InChI=1S/C24H20N2O5/c1-2-29-23(27)15-30-20-10-6-4-8-17(20)14-25-26-24(28)22-13-19-18-9-5-3-7-16(18)11-12-21(19)31-22/h3-14H,2,15H2,1H3,(H,26,28)/b25-14+. The first-order chi connectivity index (χ1) is 15.2. The molecule has 0 saturated carbocycles. The molecule has 0 spiro atoms. The van der Waals surface area contributed by atoms with Crippen LogP contribution in [0.3, 0.4) is 0 Å². The van der Waals surface area contributed by atoms with E-state index in [1.54, 1.807) is 37.3 Å². The number of carbonyl (C=O) groups excluding carboxylic acids is 2. The van der Waals surface area contributed by atoms with Gasteiger partial charge in [-0.25, -0.2) is 10.2 Å². The molecule has 31 heavy (non-hydrogen) atoms. The lowest BCUT2D eigenvalue weighted by atomic mass is 10.1. The van der Waals surface area contributed by atoms with Gasteiger partial charge in [0.1, 0.15) is 11.3 Å². The molecule has 0 atom stereocenters. The lowest BCUT2D eigenvalue weighted by Gasteiger charge is -2.08. The molecule has 1 aromatic heterocycles. The molecule has 3 aromatic carbocycles. The third-order valence-corrected chi connectivity index (χ3v) is 4.59. The molecule has 0 fully saturated rings. The molecule has 0 radical (unpaired) electrons. The molecule has 4 aromatic rings. The van der Waals surface area contributed by atoms with Crippen molar-refractivity contribution in [3.8, 4) is 5.75 Å². The second-order valence-corrected chi connectivity index (χ2v) is 6.64. The Morgan fingerprint density at radius 2 is 1.84 bits per heavy atom. The van der Waals surface area contributed by atoms with Crippen molar-refractivity contribution < 1.29 is 23.5 Å². The fraction of sp³-hybridized carbons (Fsp3) is 0.125. The summed E-state index contributed by atoms with van der Waals surface area (Å²) in [5, 5.41) is 6.94. The van der Waals surface area contributed by atoms with Crippen molar-refractivity contribution in [2.24, 2.45) is 5.10 Å². The molecule has 7 heteroatoms. The van der Waals surface area contributed by atoms with Crippen molar-refractivity contribution in [2.45, 2.75) is 6.92 Å². The van der Waals surface area contributed by atoms with Gasteiger partial charge in [-0.2, -0.15) is 5.10 Å². The van der Waals surface area contributed by atoms with Gasteiger partial charge in [0.05, 0.1) is 12.8 Å². The number of para-hydroxylation sites is 1. The fourth-order valence-electron chi connectivity index (χ4n) is 3.18. The van der Waals surface area contributed by atoms with E-state index in [0.717, 1.165) is 16.2 Å². The van der Waals surface area contributed by atoms with E-state index >= 15 is 0 Å². The number of amides is 1. The Kier molecular flexibility index (Phi) is 5.93. The molecule has 7 nitrogen and oxygen atoms in total. The van der Waals surface area contributed by atoms with E-state index in [2.05, 4.69) is 10.5 Å². The van der Waals surface area contributed by atoms with Crippen LogP contribution in [0.4, 0.5) is 0 Å². The monoisotopic (exact) mass is 416 g/mol. The van der Waals surface area contributed by atoms with E-state index in [1.807, 2.05) is 36.4 Å². The van der Waals surface area contributed by atoms with Crippen molar-refractivity contribution >= 4 is 39.8 Å². The van der Waals surface area contributed by atoms with E-state index in [1.165, 1.54) is 6.21 Å². The lowest BCUT2D eigenvalue weighted by molar-refractivity contribution is -0.145. The Balaban J connectivity index is 1.47. The van der Waals surface area contributed by atoms with Crippen LogP contribution in [0.2, 0.25) is 0 Å². The topological polar surface area (TPSA) is 90.1 Å². The summed E-state index contributed by atoms with van der Waals surface area (Å²) in [6, 6.07) is 20.4. The molecule has 1 amide bonds. The van der Waals surface area contributed by atoms with Crippen LogP contribution < -0.4 is 10.2 Å². The molecule has 1 heterocycles. The third kappa shape index (κ3) is 4.56. The Morgan fingerprint density at radius 1 is 1.03 bits per heavy atom. The quantitative estimate of drug-likeness (QED) is 0.276. The normalized spacial score (nSPS) is 11.1. The number of rotatable bonds is 7. The van der Waals surface area contributed by atoms with Crippen LogP contribution in [0.15, 0.2) is 76.2 Å². The van der Waals surface area contributed by atoms with Crippen molar-refractivity contribution in [2.75, 3.05) is 13.2 Å². The predicted molar refractivity (Wildman–Crippen MR) is 117 cm³/mol. The number of nitrogens with zero attached hydrogens (tertiary/aromatic N) is 1. The van der Waals surface area contributed by atoms with E-state index < -0.39 is 11.9 Å². The molecule has 0 saturated heterocycles. The molecular formula is C24H20N2O5. The zero-order valence-corrected chi connectivity index (χ0v) is 16.8. The van der Waals surface area contributed by atoms with E-state index in [0.29, 0.717) is 16.9 Å². The first-order valence-electron chi connectivity index (χ1n) is 9.78. The van der Waals surface area contributed by atoms with Crippen LogP contribution in [-0.4, -0.2) is 31.3 Å². The molecule has 4 rings (SSSR count). The summed E-state index contributed by atoms with van der Waals surface area (Å²) in [5.41, 5.74) is 3.69. The van der Waals surface area contributed by atoms with Crippen LogP contribution in [0.5, 0.6) is 5.75 Å². The molecule has 0 bridgehead atoms. The molecular weight excluding hydrogens is 396 g/mol. The van der Waals surface area contributed by atoms with Crippen molar-refractivity contribution in [3.63, 3.8) is 0 Å². The fourth-order valence-corrected chi connectivity index (χ4v) is 3.18. The summed E-state index contributed by atoms with van der Waals surface area (Å²) in [5.74, 6) is -0.319. The van der Waals surface area contributed by atoms with Crippen LogP contribution in [0.1, 0.15) is 23.0 Å². The van der Waals surface area contributed by atoms with Crippen LogP contribution >= 0.6 is 0 Å². The number of furan rings is 1. The Morgan fingerprint density at radius 3 is 2.71 bits per heavy atom. The summed E-state index contributed by atoms with van der Waals surface area (Å²) < 4.78 is 16.0. The summed E-state index contributed by atoms with van der Waals surface area (Å²) in [6.07, 6.45) is 1.44. The zero-order valence-electron chi connectivity index (χ0n) is 16.8. The van der Waals surface area contributed by atoms with Gasteiger partial charge in [0.15, 0.2) is 12.4 Å². The number of ether oxygens (including phenoxy) is 2. The minimum Gasteiger partial charge on any atom is -0.481 e. The Bertz CT molecular complexity index is 1280. The minimum absolute atomic E-state index is 0.162. The molecule has 0 unspecified atom stereocenters. The number of nitrogens with one attached hydrogen (secondary N) is 1. The van der Waals surface area contributed by atoms with Crippen molar-refractivity contribution in [1.29, 1.82) is 0 Å². The number of hydrogen-bond acceptors (Lipinski definition) is 6. The molecule has 0 aliphatic rings. The number of carbonyl (C=O) groups is 2. The highest BCUT2D eigenvalue weighted by Gasteiger charge is 2.13. The lowest BCUT2D eigenvalue weighted by Crippen LogP contribution is -2.17. The van der Waals surface area contributed by atoms with Gasteiger partial charge in [-0.15, -0.1) is 0 Å². The first-order valence-corrected chi connectivity index (χ1v) is 9.78. The second-order valence-electron chi connectivity index (χ2n) is 6.64. The van der Waals surface area contributed by atoms with Gasteiger partial charge in [-0.3, -0.25) is 4.79 Å². The minimum atomic E-state index is -0.471. The highest BCUT2D eigenvalue weighted by molar-refractivity contribution is 6.08. The average molecular weight is 416 g/mol. The molecule has 156 valence electrons. The largest absolute Gasteiger partial charge is 0.481 e. The predicted octanol–water partition coefficient (Wildman–Crippen LogP) is 4.29. The van der Waals surface area contributed by atoms with E-state index in [-0.39, 0.29) is 19.0 Å². The van der Waals surface area contributed by atoms with Gasteiger partial charge >= 0.3 is 11.9 Å². The van der Waals surface area contributed by atoms with Gasteiger partial charge in [-0.1, -0.05) is 42.5 Å². The van der Waals surface area contributed by atoms with Gasteiger partial charge < -0.3 is 13.9 Å². The third-order valence-electron chi connectivity index (χ3n) is 4.59. The summed E-state index contributed by atoms with van der Waals surface area (Å²) in [4.78, 5) is 24.0. The number of hydrogen-bond donors (Lipinski definition) is 1. The second kappa shape index (κ2) is 9.13. The molecule has 0 aliphatic carbocycles. The Labute approximate surface area is 178 Å². The summed E-state index contributed by atoms with van der Waals surface area (Å²) in [6.45, 7) is 1.80. The van der Waals surface area contributed by atoms with E-state index in [4.69, 9.17) is 13.9 Å². The summed E-state index contributed by atoms with van der Waals surface area (Å²) >= 11 is 0. The SMILES string of the molecule is CCOC(=O)COc1ccccc1/C=N/NC(=O)c1cc2c(ccc3ccccc32)o1. The van der Waals surface area contributed by atoms with Crippen molar-refractivity contribution in [3.05, 3.63) is 78.1 Å². The van der Waals surface area contributed by atoms with Crippen molar-refractivity contribution in [1.82, 2.24) is 5.43 Å². The number of hydrazone groups is 1. The van der Waals surface area contributed by atoms with Crippen LogP contribution in [0, 0.1) is 0 Å². The molecule has 1 N–H and O–H groups in total. The highest BCUT2D eigenvalue weighted by atomic mass is 16.6. The number of benzene rings is 3. The summed E-state index contributed by atoms with van der Waals surface area (Å²) in [7, 11) is 0. The van der Waals surface area contributed by atoms with Gasteiger partial charge in [-0.05, 0) is 42.0 Å². The number of esters is 1. The maximum atomic E-state index is 12.5. The van der Waals surface area contributed by atoms with Gasteiger partial charge in [0, 0.05) is 10.9 Å². The maximum Gasteiger partial charge on any atom is 0.344 e. The van der Waals surface area contributed by atoms with Gasteiger partial charge in [0.2, 0.25) is 0 Å².